The molecule has 0 unspecified atom stereocenters. The van der Waals surface area contributed by atoms with Crippen molar-refractivity contribution < 1.29 is 48.0 Å². The zero-order chi connectivity index (χ0) is 22.3. The van der Waals surface area contributed by atoms with Crippen molar-refractivity contribution in [3.05, 3.63) is 40.0 Å². The van der Waals surface area contributed by atoms with Gasteiger partial charge in [0.05, 0.1) is 0 Å². The molecule has 0 aromatic heterocycles. The fourth-order valence-electron chi connectivity index (χ4n) is 6.32. The summed E-state index contributed by atoms with van der Waals surface area (Å²) in [5.74, 6) is 1.49. The third kappa shape index (κ3) is 7.20. The van der Waals surface area contributed by atoms with Crippen molar-refractivity contribution in [1.82, 2.24) is 0 Å². The molecule has 0 amide bonds. The summed E-state index contributed by atoms with van der Waals surface area (Å²) < 4.78 is 3.76. The predicted molar refractivity (Wildman–Crippen MR) is 127 cm³/mol. The van der Waals surface area contributed by atoms with Gasteiger partial charge in [-0.05, 0) is 0 Å². The van der Waals surface area contributed by atoms with Crippen molar-refractivity contribution in [3.63, 3.8) is 0 Å². The minimum atomic E-state index is -0.765. The van der Waals surface area contributed by atoms with Crippen LogP contribution in [0, 0.1) is 22.7 Å². The van der Waals surface area contributed by atoms with E-state index in [2.05, 4.69) is 83.1 Å². The van der Waals surface area contributed by atoms with Gasteiger partial charge in [-0.15, -0.1) is 0 Å². The zero-order valence-electron chi connectivity index (χ0n) is 22.2. The minimum Gasteiger partial charge on any atom is -1.00 e. The van der Waals surface area contributed by atoms with Crippen LogP contribution in [0.4, 0.5) is 0 Å². The largest absolute Gasteiger partial charge is 1.00 e. The number of hydrogen-bond donors (Lipinski definition) is 0. The Hall–Kier alpha value is 0.423. The first-order valence-electron chi connectivity index (χ1n) is 11.7. The molecule has 0 aliphatic heterocycles. The second-order valence-corrected chi connectivity index (χ2v) is 15.5. The summed E-state index contributed by atoms with van der Waals surface area (Å²) in [6.45, 7) is 29.1. The van der Waals surface area contributed by atoms with Crippen LogP contribution >= 0.6 is 0 Å². The second kappa shape index (κ2) is 11.7. The van der Waals surface area contributed by atoms with Crippen LogP contribution in [0.2, 0.25) is 0 Å². The van der Waals surface area contributed by atoms with E-state index in [1.165, 1.54) is 25.7 Å². The fourth-order valence-corrected chi connectivity index (χ4v) is 12.2. The van der Waals surface area contributed by atoms with Gasteiger partial charge < -0.3 is 24.8 Å². The molecular weight excluding hydrogens is 498 g/mol. The Kier molecular flexibility index (Phi) is 11.9. The van der Waals surface area contributed by atoms with Gasteiger partial charge in [0.2, 0.25) is 0 Å². The molecule has 0 nitrogen and oxygen atoms in total. The molecule has 0 bridgehead atoms. The maximum atomic E-state index is 2.51. The molecular formula is C28H46Cl2Zr. The van der Waals surface area contributed by atoms with E-state index >= 15 is 0 Å². The number of rotatable bonds is 8. The van der Waals surface area contributed by atoms with Crippen molar-refractivity contribution in [2.24, 2.45) is 22.7 Å². The van der Waals surface area contributed by atoms with Crippen LogP contribution in [0.1, 0.15) is 109 Å². The Bertz CT molecular complexity index is 720. The van der Waals surface area contributed by atoms with E-state index in [0.717, 1.165) is 11.8 Å². The average molecular weight is 545 g/mol. The first-order valence-corrected chi connectivity index (χ1v) is 14.2. The molecule has 3 heteroatoms. The van der Waals surface area contributed by atoms with E-state index in [0.29, 0.717) is 10.8 Å². The van der Waals surface area contributed by atoms with Gasteiger partial charge in [-0.2, -0.15) is 0 Å². The molecule has 0 spiro atoms. The Balaban J connectivity index is 0.00000450. The van der Waals surface area contributed by atoms with Crippen LogP contribution < -0.4 is 24.8 Å². The fraction of sp³-hybridized carbons (Fsp3) is 0.714. The minimum absolute atomic E-state index is 0. The first-order chi connectivity index (χ1) is 13.2. The van der Waals surface area contributed by atoms with Crippen LogP contribution in [0.5, 0.6) is 0 Å². The van der Waals surface area contributed by atoms with Crippen molar-refractivity contribution in [3.8, 4) is 0 Å². The summed E-state index contributed by atoms with van der Waals surface area (Å²) >= 11 is -0.765. The zero-order valence-corrected chi connectivity index (χ0v) is 26.2. The standard InChI is InChI=1S/2C14H23.2ClH.Zr/c2*1-10(2)9-14(5,6)13-8-7-11(3)12(13)4;;;/h2*10H,7,9H2,1-6H3;2*1H;/q;;;;+2/p-2. The molecule has 0 heterocycles. The molecule has 2 aliphatic rings. The average Bonchev–Trinajstić information content (AvgIpc) is 2.94. The van der Waals surface area contributed by atoms with Gasteiger partial charge in [0.15, 0.2) is 0 Å². The first kappa shape index (κ1) is 31.4. The van der Waals surface area contributed by atoms with Crippen LogP contribution in [0.3, 0.4) is 0 Å². The molecule has 0 saturated heterocycles. The molecule has 31 heavy (non-hydrogen) atoms. The summed E-state index contributed by atoms with van der Waals surface area (Å²) in [4.78, 5) is 0. The molecule has 0 radical (unpaired) electrons. The molecule has 2 aliphatic carbocycles. The predicted octanol–water partition coefficient (Wildman–Crippen LogP) is 3.21. The van der Waals surface area contributed by atoms with Crippen molar-refractivity contribution in [2.75, 3.05) is 0 Å². The Labute approximate surface area is 218 Å². The summed E-state index contributed by atoms with van der Waals surface area (Å²) in [6.07, 6.45) is 5.09. The molecule has 0 atom stereocenters. The van der Waals surface area contributed by atoms with Crippen LogP contribution in [0.15, 0.2) is 40.0 Å². The molecule has 176 valence electrons. The van der Waals surface area contributed by atoms with E-state index in [1.54, 1.807) is 33.4 Å². The quantitative estimate of drug-likeness (QED) is 0.440. The van der Waals surface area contributed by atoms with Gasteiger partial charge in [-0.3, -0.25) is 0 Å². The van der Waals surface area contributed by atoms with Crippen molar-refractivity contribution in [1.29, 1.82) is 0 Å². The topological polar surface area (TPSA) is 0 Å². The van der Waals surface area contributed by atoms with Gasteiger partial charge in [0.25, 0.3) is 0 Å². The maximum absolute atomic E-state index is 2.51. The monoisotopic (exact) mass is 542 g/mol. The number of allylic oxidation sites excluding steroid dienone is 8. The summed E-state index contributed by atoms with van der Waals surface area (Å²) in [6, 6.07) is 0. The molecule has 0 N–H and O–H groups in total. The molecule has 0 saturated carbocycles. The molecule has 2 rings (SSSR count). The van der Waals surface area contributed by atoms with Gasteiger partial charge in [-0.25, -0.2) is 0 Å². The Morgan fingerprint density at radius 3 is 1.19 bits per heavy atom. The summed E-state index contributed by atoms with van der Waals surface area (Å²) in [5, 5.41) is 0. The second-order valence-electron chi connectivity index (χ2n) is 12.0. The smallest absolute Gasteiger partial charge is 1.00 e. The maximum Gasteiger partial charge on any atom is -1.00 e. The Morgan fingerprint density at radius 2 is 0.935 bits per heavy atom. The van der Waals surface area contributed by atoms with E-state index in [-0.39, 0.29) is 24.8 Å². The number of hydrogen-bond acceptors (Lipinski definition) is 0. The van der Waals surface area contributed by atoms with Crippen LogP contribution in [0.25, 0.3) is 0 Å². The van der Waals surface area contributed by atoms with Crippen molar-refractivity contribution in [2.45, 2.75) is 109 Å². The normalized spacial score (nSPS) is 17.7. The molecule has 0 fully saturated rings. The van der Waals surface area contributed by atoms with E-state index in [1.807, 2.05) is 6.56 Å². The molecule has 0 aromatic carbocycles. The van der Waals surface area contributed by atoms with E-state index < -0.39 is 23.2 Å². The Morgan fingerprint density at radius 1 is 0.645 bits per heavy atom. The summed E-state index contributed by atoms with van der Waals surface area (Å²) in [7, 11) is 0. The van der Waals surface area contributed by atoms with E-state index in [9.17, 15) is 0 Å². The third-order valence-corrected chi connectivity index (χ3v) is 10.6. The van der Waals surface area contributed by atoms with E-state index in [4.69, 9.17) is 0 Å². The van der Waals surface area contributed by atoms with Crippen LogP contribution in [-0.4, -0.2) is 0 Å². The third-order valence-electron chi connectivity index (χ3n) is 7.01. The van der Waals surface area contributed by atoms with Gasteiger partial charge in [-0.1, -0.05) is 0 Å². The molecule has 0 aromatic rings. The number of halogens is 2. The van der Waals surface area contributed by atoms with Crippen LogP contribution in [-0.2, 0) is 23.2 Å². The summed E-state index contributed by atoms with van der Waals surface area (Å²) in [5.41, 5.74) is 10.6. The van der Waals surface area contributed by atoms with Crippen molar-refractivity contribution >= 4 is 0 Å². The van der Waals surface area contributed by atoms with Gasteiger partial charge >= 0.3 is 195 Å². The van der Waals surface area contributed by atoms with Gasteiger partial charge in [0, 0.05) is 0 Å². The SMILES string of the molecule is CC1=C(C)C(C(C)(C)CC(C)C)=[C]([Zr+2][C]2=C(C(C)(C)CC(C)C)C(C)=C(C)C2)C1.[Cl-].[Cl-]. The van der Waals surface area contributed by atoms with Gasteiger partial charge in [0.1, 0.15) is 0 Å².